The molecule has 2 aromatic carbocycles. The van der Waals surface area contributed by atoms with Gasteiger partial charge >= 0.3 is 6.03 Å². The highest BCUT2D eigenvalue weighted by atomic mass is 35.5. The van der Waals surface area contributed by atoms with Crippen LogP contribution in [0.4, 0.5) is 4.79 Å². The van der Waals surface area contributed by atoms with E-state index in [2.05, 4.69) is 10.6 Å². The van der Waals surface area contributed by atoms with Crippen molar-refractivity contribution in [2.24, 2.45) is 0 Å². The number of carbonyl (C=O) groups is 1. The van der Waals surface area contributed by atoms with Crippen molar-refractivity contribution in [3.05, 3.63) is 58.1 Å². The van der Waals surface area contributed by atoms with Gasteiger partial charge in [0.15, 0.2) is 21.3 Å². The Hall–Kier alpha value is -2.45. The topological polar surface area (TPSA) is 93.7 Å². The Morgan fingerprint density at radius 1 is 1.03 bits per heavy atom. The van der Waals surface area contributed by atoms with E-state index < -0.39 is 9.84 Å². The van der Waals surface area contributed by atoms with Crippen LogP contribution in [0.15, 0.2) is 36.4 Å². The molecule has 29 heavy (non-hydrogen) atoms. The van der Waals surface area contributed by atoms with Crippen LogP contribution in [0.2, 0.25) is 5.02 Å². The highest BCUT2D eigenvalue weighted by Crippen LogP contribution is 2.36. The molecule has 0 saturated heterocycles. The first-order valence-corrected chi connectivity index (χ1v) is 11.4. The molecule has 7 nitrogen and oxygen atoms in total. The van der Waals surface area contributed by atoms with Crippen LogP contribution >= 0.6 is 11.6 Å². The van der Waals surface area contributed by atoms with Crippen molar-refractivity contribution in [2.45, 2.75) is 25.8 Å². The van der Waals surface area contributed by atoms with E-state index in [1.54, 1.807) is 36.4 Å². The van der Waals surface area contributed by atoms with Gasteiger partial charge < -0.3 is 20.1 Å². The van der Waals surface area contributed by atoms with Crippen molar-refractivity contribution in [3.8, 4) is 11.5 Å². The lowest BCUT2D eigenvalue weighted by Gasteiger charge is -2.14. The van der Waals surface area contributed by atoms with Gasteiger partial charge in [0.2, 0.25) is 0 Å². The Morgan fingerprint density at radius 2 is 1.62 bits per heavy atom. The predicted octanol–water partition coefficient (Wildman–Crippen LogP) is 3.29. The monoisotopic (exact) mass is 440 g/mol. The molecular formula is C20H25ClN2O5S. The lowest BCUT2D eigenvalue weighted by atomic mass is 10.1. The molecule has 0 spiro atoms. The van der Waals surface area contributed by atoms with E-state index in [9.17, 15) is 13.2 Å². The lowest BCUT2D eigenvalue weighted by Crippen LogP contribution is -2.34. The van der Waals surface area contributed by atoms with Crippen LogP contribution in [0.1, 0.15) is 23.6 Å². The van der Waals surface area contributed by atoms with Gasteiger partial charge in [0.05, 0.1) is 24.5 Å². The summed E-state index contributed by atoms with van der Waals surface area (Å²) >= 11 is 6.23. The number of carbonyl (C=O) groups excluding carboxylic acids is 1. The fourth-order valence-electron chi connectivity index (χ4n) is 2.64. The molecule has 0 fully saturated rings. The maximum Gasteiger partial charge on any atom is 0.315 e. The van der Waals surface area contributed by atoms with Gasteiger partial charge in [-0.2, -0.15) is 0 Å². The minimum atomic E-state index is -3.07. The molecule has 0 bridgehead atoms. The Morgan fingerprint density at radius 3 is 2.17 bits per heavy atom. The van der Waals surface area contributed by atoms with Gasteiger partial charge in [0, 0.05) is 19.3 Å². The standard InChI is InChI=1S/C20H25ClN2O5S/c1-4-28-19-17(21)9-16(10-18(19)27-2)12-23-20(24)22-11-14-5-7-15(8-6-14)13-29(3,25)26/h5-10H,4,11-13H2,1-3H3,(H2,22,23,24). The molecule has 9 heteroatoms. The molecule has 2 amide bonds. The van der Waals surface area contributed by atoms with Crippen molar-refractivity contribution in [1.29, 1.82) is 0 Å². The number of methoxy groups -OCH3 is 1. The molecule has 2 N–H and O–H groups in total. The SMILES string of the molecule is CCOc1c(Cl)cc(CNC(=O)NCc2ccc(CS(C)(=O)=O)cc2)cc1OC. The quantitative estimate of drug-likeness (QED) is 0.624. The fourth-order valence-corrected chi connectivity index (χ4v) is 3.73. The summed E-state index contributed by atoms with van der Waals surface area (Å²) in [5, 5.41) is 5.93. The zero-order chi connectivity index (χ0) is 21.4. The second-order valence-electron chi connectivity index (χ2n) is 6.46. The summed E-state index contributed by atoms with van der Waals surface area (Å²) in [7, 11) is -1.54. The number of benzene rings is 2. The third-order valence-electron chi connectivity index (χ3n) is 3.94. The number of nitrogens with one attached hydrogen (secondary N) is 2. The van der Waals surface area contributed by atoms with Crippen LogP contribution in [0.3, 0.4) is 0 Å². The number of hydrogen-bond donors (Lipinski definition) is 2. The van der Waals surface area contributed by atoms with Gasteiger partial charge in [0.1, 0.15) is 0 Å². The van der Waals surface area contributed by atoms with E-state index in [0.29, 0.717) is 35.2 Å². The molecule has 0 aliphatic carbocycles. The van der Waals surface area contributed by atoms with Gasteiger partial charge in [-0.3, -0.25) is 0 Å². The Bertz CT molecular complexity index is 946. The zero-order valence-corrected chi connectivity index (χ0v) is 18.2. The van der Waals surface area contributed by atoms with Crippen molar-refractivity contribution in [1.82, 2.24) is 10.6 Å². The number of hydrogen-bond acceptors (Lipinski definition) is 5. The van der Waals surface area contributed by atoms with Crippen molar-refractivity contribution >= 4 is 27.5 Å². The third-order valence-corrected chi connectivity index (χ3v) is 5.07. The molecule has 158 valence electrons. The summed E-state index contributed by atoms with van der Waals surface area (Å²) in [6.45, 7) is 2.90. The molecular weight excluding hydrogens is 416 g/mol. The van der Waals surface area contributed by atoms with Crippen LogP contribution in [0.25, 0.3) is 0 Å². The molecule has 0 saturated carbocycles. The van der Waals surface area contributed by atoms with Crippen LogP contribution in [0.5, 0.6) is 11.5 Å². The fraction of sp³-hybridized carbons (Fsp3) is 0.350. The molecule has 0 atom stereocenters. The summed E-state index contributed by atoms with van der Waals surface area (Å²) in [5.41, 5.74) is 2.35. The Kier molecular flexibility index (Phi) is 8.16. The summed E-state index contributed by atoms with van der Waals surface area (Å²) < 4.78 is 33.4. The minimum Gasteiger partial charge on any atom is -0.493 e. The number of urea groups is 1. The largest absolute Gasteiger partial charge is 0.493 e. The average Bonchev–Trinajstić information content (AvgIpc) is 2.66. The zero-order valence-electron chi connectivity index (χ0n) is 16.6. The first kappa shape index (κ1) is 22.8. The maximum atomic E-state index is 12.1. The number of ether oxygens (including phenoxy) is 2. The van der Waals surface area contributed by atoms with Crippen LogP contribution in [-0.2, 0) is 28.7 Å². The van der Waals surface area contributed by atoms with Gasteiger partial charge in [-0.1, -0.05) is 35.9 Å². The summed E-state index contributed by atoms with van der Waals surface area (Å²) in [6, 6.07) is 10.2. The second kappa shape index (κ2) is 10.4. The summed E-state index contributed by atoms with van der Waals surface area (Å²) in [5.74, 6) is 0.977. The molecule has 0 radical (unpaired) electrons. The van der Waals surface area contributed by atoms with E-state index >= 15 is 0 Å². The second-order valence-corrected chi connectivity index (χ2v) is 9.01. The van der Waals surface area contributed by atoms with Gasteiger partial charge in [-0.25, -0.2) is 13.2 Å². The third kappa shape index (κ3) is 7.47. The van der Waals surface area contributed by atoms with Crippen LogP contribution in [-0.4, -0.2) is 34.4 Å². The predicted molar refractivity (Wildman–Crippen MR) is 113 cm³/mol. The molecule has 0 aromatic heterocycles. The molecule has 0 heterocycles. The highest BCUT2D eigenvalue weighted by molar-refractivity contribution is 7.89. The number of sulfone groups is 1. The highest BCUT2D eigenvalue weighted by Gasteiger charge is 2.12. The van der Waals surface area contributed by atoms with E-state index in [1.165, 1.54) is 13.4 Å². The van der Waals surface area contributed by atoms with Crippen molar-refractivity contribution in [3.63, 3.8) is 0 Å². The number of rotatable bonds is 9. The molecule has 2 aromatic rings. The Labute approximate surface area is 176 Å². The minimum absolute atomic E-state index is 0.00466. The molecule has 0 unspecified atom stereocenters. The van der Waals surface area contributed by atoms with E-state index in [4.69, 9.17) is 21.1 Å². The van der Waals surface area contributed by atoms with Gasteiger partial charge in [-0.15, -0.1) is 0 Å². The van der Waals surface area contributed by atoms with E-state index in [-0.39, 0.29) is 18.3 Å². The summed E-state index contributed by atoms with van der Waals surface area (Å²) in [4.78, 5) is 12.1. The Balaban J connectivity index is 1.88. The van der Waals surface area contributed by atoms with E-state index in [1.807, 2.05) is 6.92 Å². The molecule has 0 aliphatic rings. The first-order chi connectivity index (χ1) is 13.7. The summed E-state index contributed by atoms with van der Waals surface area (Å²) in [6.07, 6.45) is 1.19. The maximum absolute atomic E-state index is 12.1. The number of halogens is 1. The van der Waals surface area contributed by atoms with Crippen molar-refractivity contribution in [2.75, 3.05) is 20.0 Å². The van der Waals surface area contributed by atoms with Gasteiger partial charge in [0.25, 0.3) is 0 Å². The smallest absolute Gasteiger partial charge is 0.315 e. The lowest BCUT2D eigenvalue weighted by molar-refractivity contribution is 0.240. The molecule has 2 rings (SSSR count). The van der Waals surface area contributed by atoms with Gasteiger partial charge in [-0.05, 0) is 35.7 Å². The van der Waals surface area contributed by atoms with Crippen LogP contribution < -0.4 is 20.1 Å². The van der Waals surface area contributed by atoms with E-state index in [0.717, 1.165) is 11.1 Å². The van der Waals surface area contributed by atoms with Crippen molar-refractivity contribution < 1.29 is 22.7 Å². The molecule has 0 aliphatic heterocycles. The number of amides is 2. The normalized spacial score (nSPS) is 11.0. The average molecular weight is 441 g/mol. The van der Waals surface area contributed by atoms with Crippen LogP contribution in [0, 0.1) is 0 Å². The first-order valence-electron chi connectivity index (χ1n) is 8.98.